The minimum absolute atomic E-state index is 0.104. The van der Waals surface area contributed by atoms with Crippen LogP contribution in [-0.2, 0) is 11.3 Å². The Morgan fingerprint density at radius 1 is 1.14 bits per heavy atom. The smallest absolute Gasteiger partial charge is 0.249 e. The maximum atomic E-state index is 13.2. The molecule has 42 heavy (non-hydrogen) atoms. The number of amides is 1. The van der Waals surface area contributed by atoms with Gasteiger partial charge in [-0.05, 0) is 45.2 Å². The minimum atomic E-state index is -0.215. The monoisotopic (exact) mass is 574 g/mol. The van der Waals surface area contributed by atoms with Gasteiger partial charge in [-0.25, -0.2) is 9.67 Å². The van der Waals surface area contributed by atoms with E-state index in [9.17, 15) is 4.79 Å². The molecule has 3 aliphatic rings. The molecule has 1 aliphatic carbocycles. The number of methoxy groups -OCH3 is 1. The van der Waals surface area contributed by atoms with Crippen molar-refractivity contribution in [1.29, 1.82) is 0 Å². The molecular formula is C30H42N10O2. The maximum absolute atomic E-state index is 13.2. The molecule has 12 nitrogen and oxygen atoms in total. The lowest BCUT2D eigenvalue weighted by molar-refractivity contribution is -0.120. The lowest BCUT2D eigenvalue weighted by Crippen LogP contribution is -2.55. The Kier molecular flexibility index (Phi) is 8.00. The summed E-state index contributed by atoms with van der Waals surface area (Å²) in [5.41, 5.74) is 3.27. The fraction of sp³-hybridized carbons (Fsp3) is 0.567. The van der Waals surface area contributed by atoms with Gasteiger partial charge in [0.25, 0.3) is 0 Å². The van der Waals surface area contributed by atoms with Crippen LogP contribution < -0.4 is 25.2 Å². The molecule has 6 rings (SSSR count). The summed E-state index contributed by atoms with van der Waals surface area (Å²) in [6.45, 7) is 9.23. The van der Waals surface area contributed by atoms with Crippen LogP contribution in [0.2, 0.25) is 0 Å². The normalized spacial score (nSPS) is 23.4. The molecule has 0 spiro atoms. The number of nitrogens with zero attached hydrogens (tertiary/aromatic N) is 8. The van der Waals surface area contributed by atoms with Gasteiger partial charge in [0.2, 0.25) is 11.9 Å². The molecule has 4 heterocycles. The zero-order valence-electron chi connectivity index (χ0n) is 25.2. The first-order chi connectivity index (χ1) is 20.3. The van der Waals surface area contributed by atoms with Crippen LogP contribution in [0.15, 0.2) is 30.6 Å². The van der Waals surface area contributed by atoms with Crippen LogP contribution >= 0.6 is 0 Å². The standard InChI is InChI=1S/C30H42N10O2/c1-6-25-29(41)37(4)26-14-31-30(34-28(26)40(25)22-9-7-8-10-22)33-24-12-11-23(13-27(24)42-5)39-18-21(35-36-39)17-38-15-19(2)32-20(3)16-38/h11-14,18-20,22,25,32H,6-10,15-17H2,1-5H3,(H,31,33,34)/t19-,20+,25-/m1/s1. The van der Waals surface area contributed by atoms with Crippen LogP contribution in [0.25, 0.3) is 5.69 Å². The Labute approximate surface area is 247 Å². The number of carbonyl (C=O) groups excluding carboxylic acids is 1. The van der Waals surface area contributed by atoms with E-state index >= 15 is 0 Å². The van der Waals surface area contributed by atoms with Crippen molar-refractivity contribution in [1.82, 2.24) is 35.2 Å². The lowest BCUT2D eigenvalue weighted by Gasteiger charge is -2.43. The average Bonchev–Trinajstić information content (AvgIpc) is 3.67. The van der Waals surface area contributed by atoms with E-state index in [4.69, 9.17) is 9.72 Å². The Balaban J connectivity index is 1.22. The predicted molar refractivity (Wildman–Crippen MR) is 163 cm³/mol. The number of aromatic nitrogens is 5. The van der Waals surface area contributed by atoms with Crippen molar-refractivity contribution in [3.8, 4) is 11.4 Å². The zero-order valence-corrected chi connectivity index (χ0v) is 25.2. The van der Waals surface area contributed by atoms with Gasteiger partial charge >= 0.3 is 0 Å². The number of piperazine rings is 1. The van der Waals surface area contributed by atoms with Crippen molar-refractivity contribution in [3.63, 3.8) is 0 Å². The molecule has 1 saturated heterocycles. The Morgan fingerprint density at radius 3 is 2.62 bits per heavy atom. The third-order valence-corrected chi connectivity index (χ3v) is 8.67. The molecule has 1 aromatic carbocycles. The van der Waals surface area contributed by atoms with Crippen LogP contribution in [0.5, 0.6) is 5.75 Å². The van der Waals surface area contributed by atoms with E-state index in [1.807, 2.05) is 31.4 Å². The number of fused-ring (bicyclic) bond motifs is 1. The van der Waals surface area contributed by atoms with Gasteiger partial charge in [-0.2, -0.15) is 4.98 Å². The number of benzene rings is 1. The van der Waals surface area contributed by atoms with E-state index < -0.39 is 0 Å². The van der Waals surface area contributed by atoms with E-state index in [1.54, 1.807) is 22.9 Å². The van der Waals surface area contributed by atoms with Crippen molar-refractivity contribution in [3.05, 3.63) is 36.3 Å². The van der Waals surface area contributed by atoms with E-state index in [-0.39, 0.29) is 11.9 Å². The predicted octanol–water partition coefficient (Wildman–Crippen LogP) is 3.50. The fourth-order valence-electron chi connectivity index (χ4n) is 6.78. The van der Waals surface area contributed by atoms with Gasteiger partial charge in [0.15, 0.2) is 5.82 Å². The Bertz CT molecular complexity index is 1410. The Morgan fingerprint density at radius 2 is 1.90 bits per heavy atom. The van der Waals surface area contributed by atoms with Crippen molar-refractivity contribution in [2.24, 2.45) is 0 Å². The van der Waals surface area contributed by atoms with Crippen LogP contribution in [0.3, 0.4) is 0 Å². The second-order valence-corrected chi connectivity index (χ2v) is 11.9. The lowest BCUT2D eigenvalue weighted by atomic mass is 10.0. The molecule has 1 amide bonds. The number of anilines is 4. The third kappa shape index (κ3) is 5.52. The van der Waals surface area contributed by atoms with Crippen molar-refractivity contribution in [2.45, 2.75) is 83.6 Å². The summed E-state index contributed by atoms with van der Waals surface area (Å²) in [6.07, 6.45) is 8.97. The summed E-state index contributed by atoms with van der Waals surface area (Å²) >= 11 is 0. The summed E-state index contributed by atoms with van der Waals surface area (Å²) < 4.78 is 7.54. The molecule has 0 radical (unpaired) electrons. The molecule has 3 atom stereocenters. The topological polar surface area (TPSA) is 117 Å². The highest BCUT2D eigenvalue weighted by molar-refractivity contribution is 6.04. The van der Waals surface area contributed by atoms with Crippen molar-refractivity contribution < 1.29 is 9.53 Å². The molecule has 3 aromatic rings. The molecule has 0 bridgehead atoms. The zero-order chi connectivity index (χ0) is 29.4. The van der Waals surface area contributed by atoms with Gasteiger partial charge in [-0.1, -0.05) is 25.0 Å². The molecule has 2 aliphatic heterocycles. The van der Waals surface area contributed by atoms with Gasteiger partial charge in [0, 0.05) is 50.9 Å². The van der Waals surface area contributed by atoms with Gasteiger partial charge in [0.05, 0.1) is 36.6 Å². The summed E-state index contributed by atoms with van der Waals surface area (Å²) in [4.78, 5) is 29.1. The average molecular weight is 575 g/mol. The van der Waals surface area contributed by atoms with Crippen molar-refractivity contribution in [2.75, 3.05) is 42.4 Å². The molecule has 2 N–H and O–H groups in total. The van der Waals surface area contributed by atoms with Gasteiger partial charge < -0.3 is 25.2 Å². The number of hydrogen-bond donors (Lipinski definition) is 2. The number of rotatable bonds is 8. The second-order valence-electron chi connectivity index (χ2n) is 11.9. The highest BCUT2D eigenvalue weighted by Gasteiger charge is 2.41. The summed E-state index contributed by atoms with van der Waals surface area (Å²) in [7, 11) is 3.46. The van der Waals surface area contributed by atoms with E-state index in [0.29, 0.717) is 29.8 Å². The van der Waals surface area contributed by atoms with E-state index in [1.165, 1.54) is 12.8 Å². The molecule has 0 unspecified atom stereocenters. The number of ether oxygens (including phenoxy) is 1. The highest BCUT2D eigenvalue weighted by Crippen LogP contribution is 2.40. The molecule has 224 valence electrons. The molecule has 1 saturated carbocycles. The van der Waals surface area contributed by atoms with Crippen LogP contribution in [0, 0.1) is 0 Å². The Hall–Kier alpha value is -3.77. The largest absolute Gasteiger partial charge is 0.494 e. The number of nitrogens with one attached hydrogen (secondary N) is 2. The van der Waals surface area contributed by atoms with E-state index in [2.05, 4.69) is 56.5 Å². The summed E-state index contributed by atoms with van der Waals surface area (Å²) in [5, 5.41) is 15.7. The van der Waals surface area contributed by atoms with E-state index in [0.717, 1.165) is 67.5 Å². The molecule has 12 heteroatoms. The van der Waals surface area contributed by atoms with Crippen LogP contribution in [0.1, 0.15) is 58.6 Å². The minimum Gasteiger partial charge on any atom is -0.494 e. The van der Waals surface area contributed by atoms with Gasteiger partial charge in [-0.3, -0.25) is 9.69 Å². The first-order valence-electron chi connectivity index (χ1n) is 15.1. The molecule has 2 aromatic heterocycles. The van der Waals surface area contributed by atoms with Crippen LogP contribution in [-0.4, -0.2) is 87.2 Å². The first kappa shape index (κ1) is 28.4. The number of likely N-dealkylation sites (N-methyl/N-ethyl adjacent to an activating group) is 1. The number of carbonyl (C=O) groups is 1. The third-order valence-electron chi connectivity index (χ3n) is 8.67. The SMILES string of the molecule is CC[C@@H]1C(=O)N(C)c2cnc(Nc3ccc(-n4cc(CN5C[C@@H](C)N[C@@H](C)C5)nn4)cc3OC)nc2N1C1CCCC1. The maximum Gasteiger partial charge on any atom is 0.249 e. The fourth-order valence-corrected chi connectivity index (χ4v) is 6.78. The highest BCUT2D eigenvalue weighted by atomic mass is 16.5. The molecule has 2 fully saturated rings. The van der Waals surface area contributed by atoms with Crippen LogP contribution in [0.4, 0.5) is 23.1 Å². The van der Waals surface area contributed by atoms with Crippen molar-refractivity contribution >= 4 is 29.0 Å². The van der Waals surface area contributed by atoms with Gasteiger partial charge in [-0.15, -0.1) is 5.10 Å². The van der Waals surface area contributed by atoms with Gasteiger partial charge in [0.1, 0.15) is 17.5 Å². The first-order valence-corrected chi connectivity index (χ1v) is 15.1. The summed E-state index contributed by atoms with van der Waals surface area (Å²) in [6, 6.07) is 6.85. The summed E-state index contributed by atoms with van der Waals surface area (Å²) in [5.74, 6) is 2.02. The molecular weight excluding hydrogens is 532 g/mol. The quantitative estimate of drug-likeness (QED) is 0.414. The second kappa shape index (κ2) is 11.8. The number of hydrogen-bond acceptors (Lipinski definition) is 10.